The maximum Gasteiger partial charge on any atom is 0.130 e. The molecule has 9 heavy (non-hydrogen) atoms. The molecule has 0 saturated heterocycles. The lowest BCUT2D eigenvalue weighted by molar-refractivity contribution is 0.0995. The lowest BCUT2D eigenvalue weighted by Gasteiger charge is -1.95. The van der Waals surface area contributed by atoms with E-state index >= 15 is 0 Å². The third-order valence-electron chi connectivity index (χ3n) is 1.42. The number of rotatable bonds is 2. The first-order valence-corrected chi connectivity index (χ1v) is 3.54. The Balaban J connectivity index is 2.27. The van der Waals surface area contributed by atoms with Gasteiger partial charge < -0.3 is 4.84 Å². The summed E-state index contributed by atoms with van der Waals surface area (Å²) in [5.74, 6) is 0. The summed E-state index contributed by atoms with van der Waals surface area (Å²) in [5.41, 5.74) is 1.23. The number of hydrogen-bond donors (Lipinski definition) is 0. The Labute approximate surface area is 55.9 Å². The minimum absolute atomic E-state index is 0.326. The van der Waals surface area contributed by atoms with E-state index in [-0.39, 0.29) is 0 Å². The molecule has 1 atom stereocenters. The third-order valence-corrected chi connectivity index (χ3v) is 1.42. The van der Waals surface area contributed by atoms with E-state index in [9.17, 15) is 0 Å². The maximum atomic E-state index is 5.01. The second kappa shape index (κ2) is 2.85. The maximum absolute atomic E-state index is 5.01. The molecule has 1 unspecified atom stereocenters. The molecule has 0 saturated carbocycles. The lowest BCUT2D eigenvalue weighted by atomic mass is 10.1. The Morgan fingerprint density at radius 1 is 1.78 bits per heavy atom. The van der Waals surface area contributed by atoms with E-state index in [0.29, 0.717) is 6.10 Å². The second-order valence-electron chi connectivity index (χ2n) is 2.53. The Hall–Kier alpha value is -0.530. The van der Waals surface area contributed by atoms with Gasteiger partial charge in [-0.25, -0.2) is 0 Å². The monoisotopic (exact) mass is 127 g/mol. The van der Waals surface area contributed by atoms with Crippen LogP contribution in [-0.2, 0) is 4.84 Å². The first kappa shape index (κ1) is 6.59. The molecule has 1 aliphatic rings. The highest BCUT2D eigenvalue weighted by Gasteiger charge is 2.14. The fourth-order valence-corrected chi connectivity index (χ4v) is 1.01. The van der Waals surface area contributed by atoms with Crippen LogP contribution in [0.2, 0.25) is 0 Å². The van der Waals surface area contributed by atoms with Gasteiger partial charge in [0.25, 0.3) is 0 Å². The van der Waals surface area contributed by atoms with Gasteiger partial charge in [0.15, 0.2) is 0 Å². The third kappa shape index (κ3) is 1.70. The molecule has 0 radical (unpaired) electrons. The molecule has 0 aliphatic carbocycles. The molecule has 1 heterocycles. The molecule has 0 bridgehead atoms. The van der Waals surface area contributed by atoms with E-state index < -0.39 is 0 Å². The van der Waals surface area contributed by atoms with Gasteiger partial charge in [0.1, 0.15) is 6.10 Å². The number of hydrogen-bond acceptors (Lipinski definition) is 2. The number of nitrogens with zero attached hydrogens (tertiary/aromatic N) is 1. The van der Waals surface area contributed by atoms with Gasteiger partial charge in [0, 0.05) is 6.42 Å². The van der Waals surface area contributed by atoms with Crippen molar-refractivity contribution in [2.45, 2.75) is 39.2 Å². The van der Waals surface area contributed by atoms with E-state index in [2.05, 4.69) is 12.1 Å². The van der Waals surface area contributed by atoms with E-state index in [1.165, 1.54) is 12.1 Å². The van der Waals surface area contributed by atoms with Crippen LogP contribution >= 0.6 is 0 Å². The molecule has 52 valence electrons. The van der Waals surface area contributed by atoms with Gasteiger partial charge in [-0.15, -0.1) is 0 Å². The zero-order valence-electron chi connectivity index (χ0n) is 6.05. The molecular weight excluding hydrogens is 114 g/mol. The highest BCUT2D eigenvalue weighted by molar-refractivity contribution is 5.85. The summed E-state index contributed by atoms with van der Waals surface area (Å²) in [6, 6.07) is 0. The Morgan fingerprint density at radius 2 is 2.56 bits per heavy atom. The summed E-state index contributed by atoms with van der Waals surface area (Å²) in [7, 11) is 0. The van der Waals surface area contributed by atoms with Gasteiger partial charge in [-0.1, -0.05) is 18.5 Å². The van der Waals surface area contributed by atoms with Crippen molar-refractivity contribution in [1.82, 2.24) is 0 Å². The van der Waals surface area contributed by atoms with Gasteiger partial charge in [-0.3, -0.25) is 0 Å². The molecule has 1 aliphatic heterocycles. The van der Waals surface area contributed by atoms with Crippen LogP contribution in [0.3, 0.4) is 0 Å². The molecule has 2 heteroatoms. The molecule has 0 aromatic carbocycles. The minimum Gasteiger partial charge on any atom is -0.392 e. The predicted molar refractivity (Wildman–Crippen MR) is 37.5 cm³/mol. The highest BCUT2D eigenvalue weighted by Crippen LogP contribution is 2.12. The Bertz CT molecular complexity index is 120. The SMILES string of the molecule is CCCC1=NOC(C)C1. The minimum atomic E-state index is 0.326. The second-order valence-corrected chi connectivity index (χ2v) is 2.53. The highest BCUT2D eigenvalue weighted by atomic mass is 16.6. The molecule has 0 amide bonds. The quantitative estimate of drug-likeness (QED) is 0.555. The molecular formula is C7H13NO. The zero-order valence-corrected chi connectivity index (χ0v) is 6.05. The van der Waals surface area contributed by atoms with Crippen LogP contribution in [0.25, 0.3) is 0 Å². The standard InChI is InChI=1S/C7H13NO/c1-3-4-7-5-6(2)9-8-7/h6H,3-5H2,1-2H3. The van der Waals surface area contributed by atoms with Gasteiger partial charge in [0.05, 0.1) is 5.71 Å². The van der Waals surface area contributed by atoms with Crippen LogP contribution in [0.5, 0.6) is 0 Å². The first-order chi connectivity index (χ1) is 4.33. The average Bonchev–Trinajstić information content (AvgIpc) is 2.17. The molecule has 0 fully saturated rings. The van der Waals surface area contributed by atoms with Crippen LogP contribution in [0.4, 0.5) is 0 Å². The van der Waals surface area contributed by atoms with Crippen molar-refractivity contribution in [3.63, 3.8) is 0 Å². The Morgan fingerprint density at radius 3 is 3.00 bits per heavy atom. The van der Waals surface area contributed by atoms with Crippen LogP contribution < -0.4 is 0 Å². The van der Waals surface area contributed by atoms with E-state index in [4.69, 9.17) is 4.84 Å². The normalized spacial score (nSPS) is 25.6. The molecule has 0 aromatic rings. The molecule has 0 aromatic heterocycles. The summed E-state index contributed by atoms with van der Waals surface area (Å²) in [6.45, 7) is 4.21. The van der Waals surface area contributed by atoms with Gasteiger partial charge in [-0.05, 0) is 13.3 Å². The topological polar surface area (TPSA) is 21.6 Å². The summed E-state index contributed by atoms with van der Waals surface area (Å²) in [5, 5.41) is 3.92. The lowest BCUT2D eigenvalue weighted by Crippen LogP contribution is -2.00. The summed E-state index contributed by atoms with van der Waals surface area (Å²) < 4.78 is 0. The fraction of sp³-hybridized carbons (Fsp3) is 0.857. The molecule has 2 nitrogen and oxygen atoms in total. The van der Waals surface area contributed by atoms with E-state index in [1.807, 2.05) is 6.92 Å². The van der Waals surface area contributed by atoms with Crippen molar-refractivity contribution in [2.75, 3.05) is 0 Å². The molecule has 1 rings (SSSR count). The van der Waals surface area contributed by atoms with Gasteiger partial charge in [-0.2, -0.15) is 0 Å². The summed E-state index contributed by atoms with van der Waals surface area (Å²) in [6.07, 6.45) is 3.64. The van der Waals surface area contributed by atoms with Crippen LogP contribution in [0, 0.1) is 0 Å². The molecule has 0 spiro atoms. The summed E-state index contributed by atoms with van der Waals surface area (Å²) in [4.78, 5) is 5.01. The number of oxime groups is 1. The average molecular weight is 127 g/mol. The van der Waals surface area contributed by atoms with Crippen LogP contribution in [0.15, 0.2) is 5.16 Å². The first-order valence-electron chi connectivity index (χ1n) is 3.54. The van der Waals surface area contributed by atoms with Crippen molar-refractivity contribution in [2.24, 2.45) is 5.16 Å². The van der Waals surface area contributed by atoms with Gasteiger partial charge >= 0.3 is 0 Å². The summed E-state index contributed by atoms with van der Waals surface area (Å²) >= 11 is 0. The van der Waals surface area contributed by atoms with Crippen molar-refractivity contribution in [3.05, 3.63) is 0 Å². The predicted octanol–water partition coefficient (Wildman–Crippen LogP) is 1.95. The fourth-order valence-electron chi connectivity index (χ4n) is 1.01. The zero-order chi connectivity index (χ0) is 6.69. The van der Waals surface area contributed by atoms with Crippen molar-refractivity contribution >= 4 is 5.71 Å². The largest absolute Gasteiger partial charge is 0.392 e. The van der Waals surface area contributed by atoms with Gasteiger partial charge in [0.2, 0.25) is 0 Å². The smallest absolute Gasteiger partial charge is 0.130 e. The van der Waals surface area contributed by atoms with Crippen LogP contribution in [0.1, 0.15) is 33.1 Å². The van der Waals surface area contributed by atoms with E-state index in [0.717, 1.165) is 12.8 Å². The van der Waals surface area contributed by atoms with Crippen molar-refractivity contribution in [1.29, 1.82) is 0 Å². The molecule has 0 N–H and O–H groups in total. The van der Waals surface area contributed by atoms with E-state index in [1.54, 1.807) is 0 Å². The van der Waals surface area contributed by atoms with Crippen LogP contribution in [-0.4, -0.2) is 11.8 Å². The Kier molecular flexibility index (Phi) is 2.09. The van der Waals surface area contributed by atoms with Crippen molar-refractivity contribution < 1.29 is 4.84 Å². The van der Waals surface area contributed by atoms with Crippen molar-refractivity contribution in [3.8, 4) is 0 Å².